The summed E-state index contributed by atoms with van der Waals surface area (Å²) in [4.78, 5) is 2.59. The Morgan fingerprint density at radius 3 is 1.54 bits per heavy atom. The van der Waals surface area contributed by atoms with Crippen molar-refractivity contribution in [1.29, 1.82) is 0 Å². The summed E-state index contributed by atoms with van der Waals surface area (Å²) in [5.41, 5.74) is 18.4. The summed E-state index contributed by atoms with van der Waals surface area (Å²) in [6.45, 7) is 9.80. The van der Waals surface area contributed by atoms with Crippen molar-refractivity contribution in [3.8, 4) is 33.4 Å². The maximum absolute atomic E-state index is 2.66. The molecule has 7 aromatic carbocycles. The van der Waals surface area contributed by atoms with Crippen molar-refractivity contribution in [2.24, 2.45) is 23.7 Å². The first-order valence-corrected chi connectivity index (χ1v) is 22.6. The Morgan fingerprint density at radius 2 is 0.881 bits per heavy atom. The quantitative estimate of drug-likeness (QED) is 0.169. The highest BCUT2D eigenvalue weighted by Crippen LogP contribution is 2.69. The van der Waals surface area contributed by atoms with E-state index < -0.39 is 0 Å². The number of hydrogen-bond donors (Lipinski definition) is 0. The fraction of sp³-hybridized carbons (Fsp3) is 0.310. The van der Waals surface area contributed by atoms with E-state index in [4.69, 9.17) is 0 Å². The average Bonchev–Trinajstić information content (AvgIpc) is 3.54. The molecule has 1 nitrogen and oxygen atoms in total. The predicted octanol–water partition coefficient (Wildman–Crippen LogP) is 15.7. The fourth-order valence-electron chi connectivity index (χ4n) is 13.7. The van der Waals surface area contributed by atoms with Gasteiger partial charge in [0, 0.05) is 22.5 Å². The van der Waals surface area contributed by atoms with Crippen LogP contribution in [0.25, 0.3) is 44.2 Å². The first-order chi connectivity index (χ1) is 28.7. The van der Waals surface area contributed by atoms with Gasteiger partial charge in [-0.25, -0.2) is 0 Å². The van der Waals surface area contributed by atoms with Crippen molar-refractivity contribution in [3.63, 3.8) is 0 Å². The molecule has 0 aromatic heterocycles. The van der Waals surface area contributed by atoms with Gasteiger partial charge in [0.2, 0.25) is 0 Å². The number of benzene rings is 7. The Balaban J connectivity index is 1.02. The number of rotatable bonds is 5. The maximum atomic E-state index is 2.66. The highest BCUT2D eigenvalue weighted by atomic mass is 15.1. The van der Waals surface area contributed by atoms with E-state index in [1.165, 1.54) is 117 Å². The van der Waals surface area contributed by atoms with E-state index >= 15 is 0 Å². The Hall–Kier alpha value is -5.40. The van der Waals surface area contributed by atoms with Crippen molar-refractivity contribution in [3.05, 3.63) is 174 Å². The zero-order valence-corrected chi connectivity index (χ0v) is 35.1. The van der Waals surface area contributed by atoms with E-state index in [-0.39, 0.29) is 16.2 Å². The predicted molar refractivity (Wildman–Crippen MR) is 248 cm³/mol. The van der Waals surface area contributed by atoms with Crippen molar-refractivity contribution >= 4 is 27.8 Å². The van der Waals surface area contributed by atoms with E-state index in [1.54, 1.807) is 11.1 Å². The first-order valence-electron chi connectivity index (χ1n) is 22.6. The van der Waals surface area contributed by atoms with Gasteiger partial charge in [-0.1, -0.05) is 143 Å². The lowest BCUT2D eigenvalue weighted by Gasteiger charge is -2.61. The van der Waals surface area contributed by atoms with Gasteiger partial charge in [0.25, 0.3) is 0 Å². The van der Waals surface area contributed by atoms with E-state index in [9.17, 15) is 0 Å². The molecule has 4 saturated carbocycles. The molecule has 6 aliphatic rings. The molecule has 59 heavy (non-hydrogen) atoms. The number of nitrogens with zero attached hydrogens (tertiary/aromatic N) is 1. The van der Waals surface area contributed by atoms with Crippen LogP contribution in [0, 0.1) is 23.7 Å². The largest absolute Gasteiger partial charge is 0.310 e. The molecule has 1 spiro atoms. The van der Waals surface area contributed by atoms with Crippen LogP contribution in [-0.4, -0.2) is 0 Å². The Morgan fingerprint density at radius 1 is 0.390 bits per heavy atom. The fourth-order valence-corrected chi connectivity index (χ4v) is 13.7. The molecule has 0 aliphatic heterocycles. The van der Waals surface area contributed by atoms with Crippen LogP contribution < -0.4 is 4.90 Å². The summed E-state index contributed by atoms with van der Waals surface area (Å²) in [6, 6.07) is 58.4. The SMILES string of the molecule is CC1(C)CCC(C)(C)c2cc(N(c3ccc(-c4ccc(-c5ccccc5)c5ccccc45)cc3)c3ccc4c(c3)C3(c5ccccc5-4)C4CC5CC(C4)CC3C5)ccc21. The van der Waals surface area contributed by atoms with Gasteiger partial charge >= 0.3 is 0 Å². The Kier molecular flexibility index (Phi) is 7.71. The smallest absolute Gasteiger partial charge is 0.0465 e. The molecule has 7 aromatic rings. The molecule has 1 heteroatoms. The molecular weight excluding hydrogens is 711 g/mol. The molecule has 0 heterocycles. The monoisotopic (exact) mass is 765 g/mol. The number of anilines is 3. The molecule has 0 radical (unpaired) electrons. The molecule has 4 fully saturated rings. The van der Waals surface area contributed by atoms with Crippen LogP contribution in [0.5, 0.6) is 0 Å². The second-order valence-corrected chi connectivity index (χ2v) is 20.4. The van der Waals surface area contributed by atoms with Gasteiger partial charge in [0.05, 0.1) is 0 Å². The molecule has 6 aliphatic carbocycles. The molecule has 292 valence electrons. The summed E-state index contributed by atoms with van der Waals surface area (Å²) >= 11 is 0. The minimum absolute atomic E-state index is 0.118. The van der Waals surface area contributed by atoms with Crippen molar-refractivity contribution in [2.75, 3.05) is 4.90 Å². The van der Waals surface area contributed by atoms with Crippen LogP contribution in [0.1, 0.15) is 94.9 Å². The van der Waals surface area contributed by atoms with Gasteiger partial charge in [-0.05, 0) is 182 Å². The van der Waals surface area contributed by atoms with Crippen molar-refractivity contribution in [1.82, 2.24) is 0 Å². The molecule has 0 atom stereocenters. The summed E-state index contributed by atoms with van der Waals surface area (Å²) in [7, 11) is 0. The van der Waals surface area contributed by atoms with E-state index in [0.29, 0.717) is 0 Å². The van der Waals surface area contributed by atoms with Crippen LogP contribution in [0.3, 0.4) is 0 Å². The highest BCUT2D eigenvalue weighted by molar-refractivity contribution is 6.05. The Labute approximate surface area is 351 Å². The van der Waals surface area contributed by atoms with E-state index in [1.807, 2.05) is 0 Å². The standard InChI is InChI=1S/C58H55N/c1-56(2)28-29-57(3,4)55-36-45(23-27-53(55)56)59(43-20-18-40(19-21-43)47-26-25-46(39-12-6-5-7-13-39)48-14-8-9-15-49(47)48)44-22-24-51-50-16-10-11-17-52(50)58(54(51)35-44)41-31-37-30-38(33-41)34-42(58)32-37/h5-27,35-38,41-42H,28-34H2,1-4H3. The summed E-state index contributed by atoms with van der Waals surface area (Å²) < 4.78 is 0. The van der Waals surface area contributed by atoms with Crippen LogP contribution in [0.15, 0.2) is 152 Å². The number of fused-ring (bicyclic) bond motifs is 5. The third-order valence-corrected chi connectivity index (χ3v) is 16.3. The van der Waals surface area contributed by atoms with Crippen LogP contribution >= 0.6 is 0 Å². The maximum Gasteiger partial charge on any atom is 0.0465 e. The third-order valence-electron chi connectivity index (χ3n) is 16.3. The van der Waals surface area contributed by atoms with Gasteiger partial charge < -0.3 is 4.90 Å². The second-order valence-electron chi connectivity index (χ2n) is 20.4. The molecule has 0 amide bonds. The zero-order valence-electron chi connectivity index (χ0n) is 35.1. The topological polar surface area (TPSA) is 3.24 Å². The molecule has 13 rings (SSSR count). The lowest BCUT2D eigenvalue weighted by atomic mass is 9.43. The molecular formula is C58H55N. The van der Waals surface area contributed by atoms with E-state index in [0.717, 1.165) is 23.7 Å². The van der Waals surface area contributed by atoms with Gasteiger partial charge in [0.15, 0.2) is 0 Å². The molecule has 0 saturated heterocycles. The number of hydrogen-bond acceptors (Lipinski definition) is 1. The molecule has 4 bridgehead atoms. The van der Waals surface area contributed by atoms with Gasteiger partial charge in [-0.15, -0.1) is 0 Å². The highest BCUT2D eigenvalue weighted by Gasteiger charge is 2.61. The second kappa shape index (κ2) is 12.8. The van der Waals surface area contributed by atoms with Crippen LogP contribution in [-0.2, 0) is 16.2 Å². The minimum Gasteiger partial charge on any atom is -0.310 e. The summed E-state index contributed by atoms with van der Waals surface area (Å²) in [5, 5.41) is 2.58. The molecule has 0 unspecified atom stereocenters. The van der Waals surface area contributed by atoms with Crippen LogP contribution in [0.2, 0.25) is 0 Å². The average molecular weight is 766 g/mol. The molecule has 0 N–H and O–H groups in total. The van der Waals surface area contributed by atoms with Crippen LogP contribution in [0.4, 0.5) is 17.1 Å². The summed E-state index contributed by atoms with van der Waals surface area (Å²) in [6.07, 6.45) is 9.47. The normalized spacial score (nSPS) is 25.2. The third kappa shape index (κ3) is 5.22. The van der Waals surface area contributed by atoms with Crippen molar-refractivity contribution < 1.29 is 0 Å². The summed E-state index contributed by atoms with van der Waals surface area (Å²) in [5.74, 6) is 3.32. The van der Waals surface area contributed by atoms with Gasteiger partial charge in [-0.2, -0.15) is 0 Å². The lowest BCUT2D eigenvalue weighted by molar-refractivity contribution is -0.0399. The zero-order chi connectivity index (χ0) is 39.7. The van der Waals surface area contributed by atoms with E-state index in [2.05, 4.69) is 184 Å². The minimum atomic E-state index is 0.118. The van der Waals surface area contributed by atoms with Gasteiger partial charge in [-0.3, -0.25) is 0 Å². The Bertz CT molecular complexity index is 2760. The van der Waals surface area contributed by atoms with Crippen molar-refractivity contribution in [2.45, 2.75) is 88.9 Å². The lowest BCUT2D eigenvalue weighted by Crippen LogP contribution is -2.55. The van der Waals surface area contributed by atoms with Gasteiger partial charge in [0.1, 0.15) is 0 Å². The first kappa shape index (κ1) is 35.5.